The minimum atomic E-state index is -3.55. The third-order valence-corrected chi connectivity index (χ3v) is 5.65. The number of halogens is 1. The number of aliphatic imine (C=N–C) groups is 1. The van der Waals surface area contributed by atoms with Crippen LogP contribution in [-0.4, -0.2) is 39.5 Å². The van der Waals surface area contributed by atoms with Crippen molar-refractivity contribution in [2.45, 2.75) is 39.1 Å². The Balaban J connectivity index is 0.00000392. The van der Waals surface area contributed by atoms with E-state index in [4.69, 9.17) is 4.42 Å². The molecule has 10 heteroatoms. The van der Waals surface area contributed by atoms with E-state index in [1.165, 1.54) is 0 Å². The predicted octanol–water partition coefficient (Wildman–Crippen LogP) is 2.17. The van der Waals surface area contributed by atoms with Crippen molar-refractivity contribution in [1.29, 1.82) is 0 Å². The molecule has 0 bridgehead atoms. The van der Waals surface area contributed by atoms with Gasteiger partial charge in [-0.1, -0.05) is 12.1 Å². The van der Waals surface area contributed by atoms with E-state index < -0.39 is 10.0 Å². The Kier molecular flexibility index (Phi) is 9.37. The normalized spacial score (nSPS) is 11.8. The van der Waals surface area contributed by atoms with Gasteiger partial charge in [0.2, 0.25) is 15.9 Å². The molecule has 0 saturated heterocycles. The molecule has 0 aliphatic carbocycles. The summed E-state index contributed by atoms with van der Waals surface area (Å²) in [4.78, 5) is 8.69. The summed E-state index contributed by atoms with van der Waals surface area (Å²) in [5, 5.41) is 6.13. The number of aromatic nitrogens is 1. The Hall–Kier alpha value is -1.66. The van der Waals surface area contributed by atoms with Crippen molar-refractivity contribution >= 4 is 40.0 Å². The van der Waals surface area contributed by atoms with Gasteiger partial charge in [-0.25, -0.2) is 18.1 Å². The van der Waals surface area contributed by atoms with Crippen LogP contribution in [0.2, 0.25) is 0 Å². The maximum atomic E-state index is 12.5. The lowest BCUT2D eigenvalue weighted by atomic mass is 10.2. The molecule has 0 aliphatic rings. The molecule has 2 rings (SSSR count). The second kappa shape index (κ2) is 10.8. The highest BCUT2D eigenvalue weighted by molar-refractivity contribution is 14.0. The topological polar surface area (TPSA) is 109 Å². The molecule has 0 amide bonds. The first kappa shape index (κ1) is 24.4. The van der Waals surface area contributed by atoms with Crippen molar-refractivity contribution in [2.75, 3.05) is 20.1 Å². The molecule has 0 radical (unpaired) electrons. The first-order valence-electron chi connectivity index (χ1n) is 8.67. The number of aryl methyl sites for hydroxylation is 4. The van der Waals surface area contributed by atoms with Gasteiger partial charge in [0.25, 0.3) is 0 Å². The molecule has 2 aromatic rings. The number of oxazole rings is 1. The molecule has 3 N–H and O–H groups in total. The summed E-state index contributed by atoms with van der Waals surface area (Å²) in [6, 6.07) is 5.37. The summed E-state index contributed by atoms with van der Waals surface area (Å²) in [6.45, 7) is 8.40. The van der Waals surface area contributed by atoms with Gasteiger partial charge in [0, 0.05) is 20.1 Å². The first-order chi connectivity index (χ1) is 12.7. The van der Waals surface area contributed by atoms with Gasteiger partial charge in [0.15, 0.2) is 5.96 Å². The van der Waals surface area contributed by atoms with Gasteiger partial charge in [0.1, 0.15) is 5.76 Å². The Bertz CT molecular complexity index is 906. The maximum Gasteiger partial charge on any atom is 0.240 e. The van der Waals surface area contributed by atoms with Crippen LogP contribution in [0.25, 0.3) is 0 Å². The molecular formula is C18H28IN5O3S. The zero-order valence-corrected chi connectivity index (χ0v) is 19.9. The van der Waals surface area contributed by atoms with Gasteiger partial charge in [-0.15, -0.1) is 24.0 Å². The number of hydrogen-bond acceptors (Lipinski definition) is 5. The van der Waals surface area contributed by atoms with E-state index in [0.29, 0.717) is 29.8 Å². The Labute approximate surface area is 183 Å². The van der Waals surface area contributed by atoms with Crippen LogP contribution in [0.15, 0.2) is 32.5 Å². The Morgan fingerprint density at radius 2 is 1.86 bits per heavy atom. The average molecular weight is 521 g/mol. The van der Waals surface area contributed by atoms with Crippen LogP contribution >= 0.6 is 24.0 Å². The average Bonchev–Trinajstić information content (AvgIpc) is 2.94. The van der Waals surface area contributed by atoms with Crippen LogP contribution in [0.1, 0.15) is 28.5 Å². The van der Waals surface area contributed by atoms with Gasteiger partial charge in [-0.2, -0.15) is 0 Å². The zero-order valence-electron chi connectivity index (χ0n) is 16.8. The highest BCUT2D eigenvalue weighted by Gasteiger charge is 2.16. The molecule has 0 aliphatic heterocycles. The minimum Gasteiger partial charge on any atom is -0.444 e. The first-order valence-corrected chi connectivity index (χ1v) is 10.2. The van der Waals surface area contributed by atoms with E-state index in [1.807, 2.05) is 26.8 Å². The fourth-order valence-electron chi connectivity index (χ4n) is 2.44. The number of guanidine groups is 1. The molecule has 0 saturated carbocycles. The third-order valence-electron chi connectivity index (χ3n) is 4.05. The van der Waals surface area contributed by atoms with Crippen molar-refractivity contribution in [3.05, 3.63) is 46.7 Å². The molecule has 0 unspecified atom stereocenters. The highest BCUT2D eigenvalue weighted by atomic mass is 127. The molecule has 1 aromatic heterocycles. The predicted molar refractivity (Wildman–Crippen MR) is 121 cm³/mol. The van der Waals surface area contributed by atoms with Crippen molar-refractivity contribution in [2.24, 2.45) is 4.99 Å². The van der Waals surface area contributed by atoms with Crippen LogP contribution in [0.5, 0.6) is 0 Å². The largest absolute Gasteiger partial charge is 0.444 e. The number of sulfonamides is 1. The molecule has 156 valence electrons. The maximum absolute atomic E-state index is 12.5. The number of nitrogens with one attached hydrogen (secondary N) is 3. The van der Waals surface area contributed by atoms with Gasteiger partial charge < -0.3 is 15.1 Å². The molecule has 0 spiro atoms. The second-order valence-corrected chi connectivity index (χ2v) is 8.00. The number of rotatable bonds is 7. The molecule has 0 atom stereocenters. The second-order valence-electron chi connectivity index (χ2n) is 6.27. The molecule has 1 aromatic carbocycles. The Morgan fingerprint density at radius 3 is 2.46 bits per heavy atom. The SMILES string of the molecule is CN=C(NCCNS(=O)(=O)c1cc(C)ccc1C)NCc1nc(C)c(C)o1.I. The summed E-state index contributed by atoms with van der Waals surface area (Å²) in [5.74, 6) is 1.90. The molecule has 1 heterocycles. The van der Waals surface area contributed by atoms with Crippen LogP contribution in [-0.2, 0) is 16.6 Å². The lowest BCUT2D eigenvalue weighted by molar-refractivity contribution is 0.464. The number of hydrogen-bond donors (Lipinski definition) is 3. The summed E-state index contributed by atoms with van der Waals surface area (Å²) in [7, 11) is -1.91. The lowest BCUT2D eigenvalue weighted by Crippen LogP contribution is -2.41. The molecular weight excluding hydrogens is 493 g/mol. The third kappa shape index (κ3) is 6.74. The number of nitrogens with zero attached hydrogens (tertiary/aromatic N) is 2. The van der Waals surface area contributed by atoms with Gasteiger partial charge >= 0.3 is 0 Å². The van der Waals surface area contributed by atoms with Gasteiger partial charge in [0.05, 0.1) is 17.1 Å². The van der Waals surface area contributed by atoms with Crippen LogP contribution in [0, 0.1) is 27.7 Å². The molecule has 0 fully saturated rings. The fourth-order valence-corrected chi connectivity index (χ4v) is 3.79. The van der Waals surface area contributed by atoms with Crippen LogP contribution < -0.4 is 15.4 Å². The summed E-state index contributed by atoms with van der Waals surface area (Å²) in [6.07, 6.45) is 0. The van der Waals surface area contributed by atoms with Gasteiger partial charge in [-0.3, -0.25) is 4.99 Å². The zero-order chi connectivity index (χ0) is 20.0. The summed E-state index contributed by atoms with van der Waals surface area (Å²) >= 11 is 0. The van der Waals surface area contributed by atoms with E-state index >= 15 is 0 Å². The molecule has 28 heavy (non-hydrogen) atoms. The van der Waals surface area contributed by atoms with Gasteiger partial charge in [-0.05, 0) is 44.9 Å². The highest BCUT2D eigenvalue weighted by Crippen LogP contribution is 2.16. The lowest BCUT2D eigenvalue weighted by Gasteiger charge is -2.12. The van der Waals surface area contributed by atoms with Crippen LogP contribution in [0.4, 0.5) is 0 Å². The summed E-state index contributed by atoms with van der Waals surface area (Å²) < 4.78 is 33.0. The van der Waals surface area contributed by atoms with Crippen molar-refractivity contribution in [3.8, 4) is 0 Å². The monoisotopic (exact) mass is 521 g/mol. The Morgan fingerprint density at radius 1 is 1.14 bits per heavy atom. The van der Waals surface area contributed by atoms with E-state index in [2.05, 4.69) is 25.3 Å². The smallest absolute Gasteiger partial charge is 0.240 e. The van der Waals surface area contributed by atoms with Crippen molar-refractivity contribution in [1.82, 2.24) is 20.3 Å². The number of benzene rings is 1. The quantitative estimate of drug-likeness (QED) is 0.223. The van der Waals surface area contributed by atoms with E-state index in [-0.39, 0.29) is 30.5 Å². The summed E-state index contributed by atoms with van der Waals surface area (Å²) in [5.41, 5.74) is 2.48. The van der Waals surface area contributed by atoms with E-state index in [1.54, 1.807) is 26.1 Å². The molecule has 8 nitrogen and oxygen atoms in total. The van der Waals surface area contributed by atoms with Crippen molar-refractivity contribution in [3.63, 3.8) is 0 Å². The standard InChI is InChI=1S/C18H27N5O3S.HI/c1-12-6-7-13(2)16(10-12)27(24,25)22-9-8-20-18(19-5)21-11-17-23-14(3)15(4)26-17;/h6-7,10,22H,8-9,11H2,1-5H3,(H2,19,20,21);1H. The van der Waals surface area contributed by atoms with Crippen LogP contribution in [0.3, 0.4) is 0 Å². The fraction of sp³-hybridized carbons (Fsp3) is 0.444. The van der Waals surface area contributed by atoms with E-state index in [0.717, 1.165) is 22.6 Å². The van der Waals surface area contributed by atoms with E-state index in [9.17, 15) is 8.42 Å². The van der Waals surface area contributed by atoms with Crippen molar-refractivity contribution < 1.29 is 12.8 Å². The minimum absolute atomic E-state index is 0.